The average Bonchev–Trinajstić information content (AvgIpc) is 3.00. The Bertz CT molecular complexity index is 843. The van der Waals surface area contributed by atoms with Gasteiger partial charge >= 0.3 is 0 Å². The average molecular weight is 337 g/mol. The van der Waals surface area contributed by atoms with Crippen LogP contribution in [-0.4, -0.2) is 10.7 Å². The van der Waals surface area contributed by atoms with Crippen LogP contribution in [0.2, 0.25) is 0 Å². The van der Waals surface area contributed by atoms with E-state index < -0.39 is 0 Å². The lowest BCUT2D eigenvalue weighted by Crippen LogP contribution is -2.00. The van der Waals surface area contributed by atoms with Gasteiger partial charge in [-0.2, -0.15) is 5.26 Å². The number of rotatable bonds is 5. The van der Waals surface area contributed by atoms with Gasteiger partial charge in [0.2, 0.25) is 0 Å². The Morgan fingerprint density at radius 2 is 1.91 bits per heavy atom. The number of aromatic nitrogens is 1. The molecule has 0 aliphatic heterocycles. The molecule has 3 rings (SSSR count). The summed E-state index contributed by atoms with van der Waals surface area (Å²) in [6.45, 7) is 2.07. The number of para-hydroxylation sites is 2. The van der Waals surface area contributed by atoms with Crippen molar-refractivity contribution in [2.24, 2.45) is 0 Å². The molecular weight excluding hydrogens is 322 g/mol. The molecule has 0 atom stereocenters. The summed E-state index contributed by atoms with van der Waals surface area (Å²) in [7, 11) is 0. The lowest BCUT2D eigenvalue weighted by molar-refractivity contribution is 1.41. The minimum atomic E-state index is 0.599. The van der Waals surface area contributed by atoms with Crippen LogP contribution in [0.4, 0.5) is 5.69 Å². The highest BCUT2D eigenvalue weighted by Crippen LogP contribution is 2.32. The number of anilines is 1. The molecule has 0 fully saturated rings. The fourth-order valence-electron chi connectivity index (χ4n) is 2.14. The number of hydrogen-bond acceptors (Lipinski definition) is 5. The Morgan fingerprint density at radius 1 is 1.17 bits per heavy atom. The molecule has 23 heavy (non-hydrogen) atoms. The van der Waals surface area contributed by atoms with E-state index in [1.165, 1.54) is 0 Å². The number of fused-ring (bicyclic) bond motifs is 1. The molecule has 0 saturated carbocycles. The molecule has 0 bridgehead atoms. The first-order valence-electron chi connectivity index (χ1n) is 7.27. The van der Waals surface area contributed by atoms with Crippen LogP contribution in [0.25, 0.3) is 15.8 Å². The zero-order valence-corrected chi connectivity index (χ0v) is 14.2. The third-order valence-corrected chi connectivity index (χ3v) is 5.10. The highest BCUT2D eigenvalue weighted by Gasteiger charge is 2.14. The van der Waals surface area contributed by atoms with Gasteiger partial charge in [0.1, 0.15) is 16.6 Å². The first-order valence-corrected chi connectivity index (χ1v) is 9.07. The zero-order chi connectivity index (χ0) is 16.1. The van der Waals surface area contributed by atoms with Crippen LogP contribution in [0.1, 0.15) is 11.9 Å². The Labute approximate surface area is 143 Å². The van der Waals surface area contributed by atoms with Gasteiger partial charge in [0, 0.05) is 5.69 Å². The number of hydrogen-bond donors (Lipinski definition) is 1. The van der Waals surface area contributed by atoms with E-state index >= 15 is 0 Å². The van der Waals surface area contributed by atoms with Gasteiger partial charge in [0.05, 0.1) is 15.2 Å². The fraction of sp³-hybridized carbons (Fsp3) is 0.111. The lowest BCUT2D eigenvalue weighted by Gasteiger charge is -2.11. The Hall–Kier alpha value is -2.29. The van der Waals surface area contributed by atoms with Gasteiger partial charge < -0.3 is 5.32 Å². The fourth-order valence-corrected chi connectivity index (χ4v) is 3.94. The van der Waals surface area contributed by atoms with Crippen molar-refractivity contribution < 1.29 is 0 Å². The van der Waals surface area contributed by atoms with Crippen molar-refractivity contribution in [3.8, 4) is 6.07 Å². The Kier molecular flexibility index (Phi) is 4.96. The van der Waals surface area contributed by atoms with Crippen molar-refractivity contribution in [1.82, 2.24) is 4.98 Å². The van der Waals surface area contributed by atoms with E-state index in [1.807, 2.05) is 54.6 Å². The summed E-state index contributed by atoms with van der Waals surface area (Å²) < 4.78 is 1.09. The molecule has 3 nitrogen and oxygen atoms in total. The number of thioether (sulfide) groups is 1. The van der Waals surface area contributed by atoms with Gasteiger partial charge in [0.15, 0.2) is 0 Å². The highest BCUT2D eigenvalue weighted by molar-refractivity contribution is 8.03. The maximum atomic E-state index is 9.69. The molecule has 0 aliphatic rings. The van der Waals surface area contributed by atoms with Crippen LogP contribution in [0.15, 0.2) is 59.6 Å². The van der Waals surface area contributed by atoms with Crippen molar-refractivity contribution in [3.63, 3.8) is 0 Å². The normalized spacial score (nSPS) is 11.8. The maximum absolute atomic E-state index is 9.69. The lowest BCUT2D eigenvalue weighted by atomic mass is 10.3. The monoisotopic (exact) mass is 337 g/mol. The summed E-state index contributed by atoms with van der Waals surface area (Å²) in [5, 5.41) is 14.7. The van der Waals surface area contributed by atoms with Crippen molar-refractivity contribution in [2.75, 3.05) is 11.1 Å². The van der Waals surface area contributed by atoms with Gasteiger partial charge in [-0.1, -0.05) is 37.3 Å². The summed E-state index contributed by atoms with van der Waals surface area (Å²) in [6, 6.07) is 20.2. The quantitative estimate of drug-likeness (QED) is 0.637. The summed E-state index contributed by atoms with van der Waals surface area (Å²) in [5.41, 5.74) is 2.50. The van der Waals surface area contributed by atoms with Gasteiger partial charge in [-0.15, -0.1) is 23.1 Å². The van der Waals surface area contributed by atoms with E-state index in [9.17, 15) is 5.26 Å². The van der Waals surface area contributed by atoms with Crippen LogP contribution in [-0.2, 0) is 0 Å². The number of nitrogens with one attached hydrogen (secondary N) is 1. The van der Waals surface area contributed by atoms with Crippen LogP contribution in [0.5, 0.6) is 0 Å². The summed E-state index contributed by atoms with van der Waals surface area (Å²) >= 11 is 3.17. The molecule has 0 radical (unpaired) electrons. The maximum Gasteiger partial charge on any atom is 0.137 e. The minimum absolute atomic E-state index is 0.599. The number of nitriles is 1. The molecule has 2 aromatic carbocycles. The van der Waals surface area contributed by atoms with E-state index in [1.54, 1.807) is 23.1 Å². The second-order valence-corrected chi connectivity index (χ2v) is 7.03. The molecule has 0 unspecified atom stereocenters. The second-order valence-electron chi connectivity index (χ2n) is 4.73. The molecule has 1 aromatic heterocycles. The van der Waals surface area contributed by atoms with E-state index in [0.29, 0.717) is 5.57 Å². The molecule has 0 saturated heterocycles. The van der Waals surface area contributed by atoms with Crippen molar-refractivity contribution in [2.45, 2.75) is 6.92 Å². The number of thiazole rings is 1. The predicted octanol–water partition coefficient (Wildman–Crippen LogP) is 5.35. The number of benzene rings is 2. The summed E-state index contributed by atoms with van der Waals surface area (Å²) in [6.07, 6.45) is 0. The first-order chi connectivity index (χ1) is 11.3. The van der Waals surface area contributed by atoms with Gasteiger partial charge in [-0.3, -0.25) is 0 Å². The van der Waals surface area contributed by atoms with Gasteiger partial charge in [-0.05, 0) is 30.0 Å². The topological polar surface area (TPSA) is 48.7 Å². The van der Waals surface area contributed by atoms with E-state index in [-0.39, 0.29) is 0 Å². The van der Waals surface area contributed by atoms with Crippen molar-refractivity contribution in [3.05, 3.63) is 64.6 Å². The van der Waals surface area contributed by atoms with Crippen LogP contribution < -0.4 is 5.32 Å². The highest BCUT2D eigenvalue weighted by atomic mass is 32.2. The molecule has 1 heterocycles. The predicted molar refractivity (Wildman–Crippen MR) is 100 cm³/mol. The third-order valence-electron chi connectivity index (χ3n) is 3.17. The SMILES string of the molecule is CCS/C(Nc1ccccc1)=C(\C#N)c1nc2ccccc2s1. The van der Waals surface area contributed by atoms with E-state index in [2.05, 4.69) is 23.3 Å². The molecule has 0 amide bonds. The van der Waals surface area contributed by atoms with E-state index in [0.717, 1.165) is 31.7 Å². The minimum Gasteiger partial charge on any atom is -0.349 e. The van der Waals surface area contributed by atoms with Crippen molar-refractivity contribution >= 4 is 44.6 Å². The van der Waals surface area contributed by atoms with E-state index in [4.69, 9.17) is 0 Å². The molecule has 3 aromatic rings. The number of allylic oxidation sites excluding steroid dienone is 1. The second kappa shape index (κ2) is 7.32. The first kappa shape index (κ1) is 15.6. The number of nitrogens with zero attached hydrogens (tertiary/aromatic N) is 2. The van der Waals surface area contributed by atoms with Crippen LogP contribution >= 0.6 is 23.1 Å². The zero-order valence-electron chi connectivity index (χ0n) is 12.6. The Balaban J connectivity index is 2.05. The van der Waals surface area contributed by atoms with Gasteiger partial charge in [0.25, 0.3) is 0 Å². The standard InChI is InChI=1S/C18H15N3S2/c1-2-22-17(20-13-8-4-3-5-9-13)14(12-19)18-21-15-10-6-7-11-16(15)23-18/h3-11,20H,2H2,1H3/b17-14+. The molecule has 0 spiro atoms. The largest absolute Gasteiger partial charge is 0.349 e. The molecule has 0 aliphatic carbocycles. The molecule has 1 N–H and O–H groups in total. The summed E-state index contributed by atoms with van der Waals surface area (Å²) in [5.74, 6) is 0.880. The van der Waals surface area contributed by atoms with Crippen molar-refractivity contribution in [1.29, 1.82) is 5.26 Å². The molecule has 114 valence electrons. The molecule has 5 heteroatoms. The van der Waals surface area contributed by atoms with Crippen LogP contribution in [0, 0.1) is 11.3 Å². The van der Waals surface area contributed by atoms with Crippen LogP contribution in [0.3, 0.4) is 0 Å². The Morgan fingerprint density at radius 3 is 2.61 bits per heavy atom. The summed E-state index contributed by atoms with van der Waals surface area (Å²) in [4.78, 5) is 4.61. The molecular formula is C18H15N3S2. The van der Waals surface area contributed by atoms with Gasteiger partial charge in [-0.25, -0.2) is 4.98 Å². The smallest absolute Gasteiger partial charge is 0.137 e. The third kappa shape index (κ3) is 3.55.